The zero-order chi connectivity index (χ0) is 11.0. The summed E-state index contributed by atoms with van der Waals surface area (Å²) in [4.78, 5) is 11.0. The van der Waals surface area contributed by atoms with Gasteiger partial charge in [-0.25, -0.2) is 4.79 Å². The molecule has 1 rings (SSSR count). The number of esters is 1. The van der Waals surface area contributed by atoms with Crippen LogP contribution in [0.3, 0.4) is 0 Å². The fourth-order valence-electron chi connectivity index (χ4n) is 1.25. The topological polar surface area (TPSA) is 35.5 Å². The molecule has 0 spiro atoms. The van der Waals surface area contributed by atoms with E-state index in [0.717, 1.165) is 13.4 Å². The minimum absolute atomic E-state index is 0.354. The molecule has 0 aromatic heterocycles. The highest BCUT2D eigenvalue weighted by molar-refractivity contribution is 5.81. The molecular formula is C8H9F3O3. The van der Waals surface area contributed by atoms with Crippen LogP contribution in [0.2, 0.25) is 0 Å². The van der Waals surface area contributed by atoms with E-state index in [9.17, 15) is 18.0 Å². The van der Waals surface area contributed by atoms with Gasteiger partial charge >= 0.3 is 17.7 Å². The molecule has 0 bridgehead atoms. The van der Waals surface area contributed by atoms with Crippen LogP contribution in [0.5, 0.6) is 0 Å². The van der Waals surface area contributed by atoms with Crippen LogP contribution >= 0.6 is 0 Å². The Kier molecular flexibility index (Phi) is 2.47. The van der Waals surface area contributed by atoms with Gasteiger partial charge in [-0.1, -0.05) is 0 Å². The zero-order valence-electron chi connectivity index (χ0n) is 7.64. The van der Waals surface area contributed by atoms with Gasteiger partial charge in [0.25, 0.3) is 0 Å². The summed E-state index contributed by atoms with van der Waals surface area (Å²) in [5.74, 6) is -1.42. The second-order valence-corrected chi connectivity index (χ2v) is 3.08. The molecule has 0 N–H and O–H groups in total. The summed E-state index contributed by atoms with van der Waals surface area (Å²) in [6.45, 7) is 1.45. The molecule has 80 valence electrons. The third-order valence-electron chi connectivity index (χ3n) is 1.96. The smallest absolute Gasteiger partial charge is 0.439 e. The average molecular weight is 210 g/mol. The van der Waals surface area contributed by atoms with Gasteiger partial charge in [-0.05, 0) is 12.5 Å². The summed E-state index contributed by atoms with van der Waals surface area (Å²) < 4.78 is 46.2. The molecule has 0 fully saturated rings. The molecular weight excluding hydrogens is 201 g/mol. The van der Waals surface area contributed by atoms with Crippen LogP contribution in [-0.4, -0.2) is 24.9 Å². The Morgan fingerprint density at radius 1 is 1.64 bits per heavy atom. The van der Waals surface area contributed by atoms with E-state index in [2.05, 4.69) is 9.47 Å². The highest BCUT2D eigenvalue weighted by atomic mass is 19.4. The van der Waals surface area contributed by atoms with Crippen molar-refractivity contribution in [1.29, 1.82) is 0 Å². The first kappa shape index (κ1) is 10.9. The highest BCUT2D eigenvalue weighted by Crippen LogP contribution is 2.43. The molecule has 0 aliphatic carbocycles. The van der Waals surface area contributed by atoms with Gasteiger partial charge in [0.05, 0.1) is 13.4 Å². The minimum Gasteiger partial charge on any atom is -0.474 e. The van der Waals surface area contributed by atoms with Gasteiger partial charge in [0, 0.05) is 6.42 Å². The summed E-state index contributed by atoms with van der Waals surface area (Å²) in [6, 6.07) is 0. The quantitative estimate of drug-likeness (QED) is 0.619. The summed E-state index contributed by atoms with van der Waals surface area (Å²) in [6.07, 6.45) is -4.35. The first-order chi connectivity index (χ1) is 6.33. The number of methoxy groups -OCH3 is 1. The number of hydrogen-bond donors (Lipinski definition) is 0. The third kappa shape index (κ3) is 1.44. The van der Waals surface area contributed by atoms with Crippen LogP contribution in [0.15, 0.2) is 11.8 Å². The predicted octanol–water partition coefficient (Wildman–Crippen LogP) is 1.78. The number of rotatable bonds is 1. The normalized spacial score (nSPS) is 26.8. The summed E-state index contributed by atoms with van der Waals surface area (Å²) in [5, 5.41) is 0. The number of halogens is 3. The van der Waals surface area contributed by atoms with Crippen molar-refractivity contribution in [2.45, 2.75) is 25.1 Å². The SMILES string of the molecule is COC(=O)C1(C(F)(F)F)CC(C)=CO1. The van der Waals surface area contributed by atoms with Crippen LogP contribution in [0.1, 0.15) is 13.3 Å². The van der Waals surface area contributed by atoms with Crippen LogP contribution in [0.4, 0.5) is 13.2 Å². The van der Waals surface area contributed by atoms with E-state index in [0.29, 0.717) is 5.57 Å². The fourth-order valence-corrected chi connectivity index (χ4v) is 1.25. The second kappa shape index (κ2) is 3.18. The minimum atomic E-state index is -4.77. The van der Waals surface area contributed by atoms with Gasteiger partial charge < -0.3 is 9.47 Å². The van der Waals surface area contributed by atoms with Crippen LogP contribution in [0.25, 0.3) is 0 Å². The van der Waals surface area contributed by atoms with Crippen molar-refractivity contribution in [3.05, 3.63) is 11.8 Å². The molecule has 6 heteroatoms. The van der Waals surface area contributed by atoms with Crippen molar-refractivity contribution in [2.24, 2.45) is 0 Å². The Morgan fingerprint density at radius 2 is 2.21 bits per heavy atom. The summed E-state index contributed by atoms with van der Waals surface area (Å²) in [5.41, 5.74) is -2.49. The molecule has 1 aliphatic rings. The lowest BCUT2D eigenvalue weighted by Gasteiger charge is -2.27. The van der Waals surface area contributed by atoms with Crippen molar-refractivity contribution in [3.8, 4) is 0 Å². The van der Waals surface area contributed by atoms with Crippen LogP contribution < -0.4 is 0 Å². The molecule has 0 radical (unpaired) electrons. The van der Waals surface area contributed by atoms with Gasteiger partial charge in [0.15, 0.2) is 0 Å². The summed E-state index contributed by atoms with van der Waals surface area (Å²) in [7, 11) is 0.896. The molecule has 1 unspecified atom stereocenters. The Balaban J connectivity index is 3.01. The lowest BCUT2D eigenvalue weighted by atomic mass is 9.97. The third-order valence-corrected chi connectivity index (χ3v) is 1.96. The first-order valence-corrected chi connectivity index (χ1v) is 3.82. The van der Waals surface area contributed by atoms with Gasteiger partial charge in [0.2, 0.25) is 0 Å². The van der Waals surface area contributed by atoms with Crippen molar-refractivity contribution in [1.82, 2.24) is 0 Å². The molecule has 0 amide bonds. The van der Waals surface area contributed by atoms with Gasteiger partial charge in [-0.15, -0.1) is 0 Å². The Bertz CT molecular complexity index is 282. The first-order valence-electron chi connectivity index (χ1n) is 3.82. The molecule has 0 aromatic carbocycles. The maximum atomic E-state index is 12.6. The number of carbonyl (C=O) groups is 1. The Morgan fingerprint density at radius 3 is 2.50 bits per heavy atom. The second-order valence-electron chi connectivity index (χ2n) is 3.08. The molecule has 3 nitrogen and oxygen atoms in total. The van der Waals surface area contributed by atoms with Crippen molar-refractivity contribution >= 4 is 5.97 Å². The van der Waals surface area contributed by atoms with Crippen molar-refractivity contribution < 1.29 is 27.4 Å². The van der Waals surface area contributed by atoms with E-state index in [1.807, 2.05) is 0 Å². The number of hydrogen-bond acceptors (Lipinski definition) is 3. The fraction of sp³-hybridized carbons (Fsp3) is 0.625. The van der Waals surface area contributed by atoms with Gasteiger partial charge in [-0.2, -0.15) is 13.2 Å². The van der Waals surface area contributed by atoms with E-state index >= 15 is 0 Å². The van der Waals surface area contributed by atoms with Gasteiger partial charge in [-0.3, -0.25) is 0 Å². The van der Waals surface area contributed by atoms with E-state index in [1.54, 1.807) is 0 Å². The van der Waals surface area contributed by atoms with Crippen LogP contribution in [-0.2, 0) is 14.3 Å². The predicted molar refractivity (Wildman–Crippen MR) is 40.3 cm³/mol. The molecule has 14 heavy (non-hydrogen) atoms. The number of carbonyl (C=O) groups excluding carboxylic acids is 1. The number of alkyl halides is 3. The Labute approximate surface area is 78.5 Å². The molecule has 0 saturated carbocycles. The molecule has 0 aromatic rings. The molecule has 1 atom stereocenters. The van der Waals surface area contributed by atoms with E-state index < -0.39 is 24.2 Å². The van der Waals surface area contributed by atoms with Crippen LogP contribution in [0, 0.1) is 0 Å². The van der Waals surface area contributed by atoms with Crippen molar-refractivity contribution in [2.75, 3.05) is 7.11 Å². The number of ether oxygens (including phenoxy) is 2. The monoisotopic (exact) mass is 210 g/mol. The maximum Gasteiger partial charge on any atom is 0.439 e. The molecule has 1 heterocycles. The van der Waals surface area contributed by atoms with Crippen molar-refractivity contribution in [3.63, 3.8) is 0 Å². The molecule has 0 saturated heterocycles. The van der Waals surface area contributed by atoms with Gasteiger partial charge in [0.1, 0.15) is 0 Å². The lowest BCUT2D eigenvalue weighted by Crippen LogP contribution is -2.52. The largest absolute Gasteiger partial charge is 0.474 e. The standard InChI is InChI=1S/C8H9F3O3/c1-5-3-7(14-4-5,6(12)13-2)8(9,10)11/h4H,3H2,1-2H3. The van der Waals surface area contributed by atoms with E-state index in [-0.39, 0.29) is 0 Å². The van der Waals surface area contributed by atoms with E-state index in [4.69, 9.17) is 0 Å². The maximum absolute atomic E-state index is 12.6. The Hall–Kier alpha value is -1.20. The van der Waals surface area contributed by atoms with E-state index in [1.165, 1.54) is 6.92 Å². The highest BCUT2D eigenvalue weighted by Gasteiger charge is 2.65. The summed E-state index contributed by atoms with van der Waals surface area (Å²) >= 11 is 0. The molecule has 1 aliphatic heterocycles. The average Bonchev–Trinajstić information content (AvgIpc) is 2.46. The lowest BCUT2D eigenvalue weighted by molar-refractivity contribution is -0.257. The zero-order valence-corrected chi connectivity index (χ0v) is 7.64.